The van der Waals surface area contributed by atoms with E-state index in [-0.39, 0.29) is 31.7 Å². The molecular weight excluding hydrogens is 318 g/mol. The summed E-state index contributed by atoms with van der Waals surface area (Å²) in [4.78, 5) is 46.7. The van der Waals surface area contributed by atoms with Crippen LogP contribution in [-0.4, -0.2) is 53.1 Å². The number of nitrogens with one attached hydrogen (secondary N) is 1. The molecule has 9 nitrogen and oxygen atoms in total. The number of primary amides is 1. The zero-order chi connectivity index (χ0) is 17.7. The molecule has 0 spiro atoms. The third-order valence-corrected chi connectivity index (χ3v) is 3.50. The summed E-state index contributed by atoms with van der Waals surface area (Å²) in [5.41, 5.74) is 5.79. The molecule has 1 atom stereocenters. The highest BCUT2D eigenvalue weighted by molar-refractivity contribution is 5.88. The zero-order valence-electron chi connectivity index (χ0n) is 12.7. The minimum absolute atomic E-state index is 0.00388. The van der Waals surface area contributed by atoms with E-state index < -0.39 is 29.9 Å². The summed E-state index contributed by atoms with van der Waals surface area (Å²) in [7, 11) is 0. The molecule has 2 rings (SSSR count). The van der Waals surface area contributed by atoms with Crippen molar-refractivity contribution in [1.82, 2.24) is 10.2 Å². The van der Waals surface area contributed by atoms with E-state index in [9.17, 15) is 19.2 Å². The molecule has 24 heavy (non-hydrogen) atoms. The molecule has 0 saturated carbocycles. The van der Waals surface area contributed by atoms with E-state index in [0.29, 0.717) is 5.56 Å². The maximum atomic E-state index is 12.1. The number of carboxylic acid groups (broad SMARTS) is 1. The average molecular weight is 335 g/mol. The summed E-state index contributed by atoms with van der Waals surface area (Å²) >= 11 is 0. The fraction of sp³-hybridized carbons (Fsp3) is 0.333. The summed E-state index contributed by atoms with van der Waals surface area (Å²) in [6, 6.07) is 5.15. The van der Waals surface area contributed by atoms with Crippen molar-refractivity contribution in [3.05, 3.63) is 35.4 Å². The quantitative estimate of drug-likeness (QED) is 0.625. The van der Waals surface area contributed by atoms with Gasteiger partial charge in [-0.3, -0.25) is 14.5 Å². The molecule has 1 aromatic rings. The second-order valence-corrected chi connectivity index (χ2v) is 5.23. The fourth-order valence-corrected chi connectivity index (χ4v) is 2.22. The SMILES string of the molecule is NC(=O)CCNC(=O)[C@@H]1COC(=O)N1Cc1ccc(C(=O)O)cc1. The molecule has 1 heterocycles. The molecule has 1 fully saturated rings. The van der Waals surface area contributed by atoms with Crippen molar-refractivity contribution in [2.24, 2.45) is 5.73 Å². The van der Waals surface area contributed by atoms with Crippen LogP contribution in [0.15, 0.2) is 24.3 Å². The van der Waals surface area contributed by atoms with E-state index in [4.69, 9.17) is 15.6 Å². The van der Waals surface area contributed by atoms with Gasteiger partial charge in [0.2, 0.25) is 11.8 Å². The maximum absolute atomic E-state index is 12.1. The first-order valence-electron chi connectivity index (χ1n) is 7.20. The van der Waals surface area contributed by atoms with E-state index in [1.165, 1.54) is 17.0 Å². The molecule has 0 aromatic heterocycles. The standard InChI is InChI=1S/C15H17N3O6/c16-12(19)5-6-17-13(20)11-8-24-15(23)18(11)7-9-1-3-10(4-2-9)14(21)22/h1-4,11H,5-8H2,(H2,16,19)(H,17,20)(H,21,22)/t11-/m0/s1. The lowest BCUT2D eigenvalue weighted by Crippen LogP contribution is -2.46. The Kier molecular flexibility index (Phi) is 5.35. The van der Waals surface area contributed by atoms with Crippen molar-refractivity contribution in [3.63, 3.8) is 0 Å². The van der Waals surface area contributed by atoms with Crippen molar-refractivity contribution in [2.75, 3.05) is 13.2 Å². The average Bonchev–Trinajstić information content (AvgIpc) is 2.88. The highest BCUT2D eigenvalue weighted by atomic mass is 16.6. The summed E-state index contributed by atoms with van der Waals surface area (Å²) in [6.07, 6.45) is -0.628. The van der Waals surface area contributed by atoms with Gasteiger partial charge in [-0.25, -0.2) is 9.59 Å². The van der Waals surface area contributed by atoms with Crippen LogP contribution in [-0.2, 0) is 20.9 Å². The van der Waals surface area contributed by atoms with E-state index in [1.54, 1.807) is 12.1 Å². The molecule has 0 radical (unpaired) electrons. The smallest absolute Gasteiger partial charge is 0.410 e. The van der Waals surface area contributed by atoms with Crippen LogP contribution in [0.4, 0.5) is 4.79 Å². The number of benzene rings is 1. The van der Waals surface area contributed by atoms with Crippen LogP contribution in [0.3, 0.4) is 0 Å². The van der Waals surface area contributed by atoms with E-state index in [1.807, 2.05) is 0 Å². The Hall–Kier alpha value is -3.10. The predicted octanol–water partition coefficient (Wildman–Crippen LogP) is -0.303. The van der Waals surface area contributed by atoms with Gasteiger partial charge in [0, 0.05) is 13.0 Å². The lowest BCUT2D eigenvalue weighted by atomic mass is 10.1. The second-order valence-electron chi connectivity index (χ2n) is 5.23. The minimum Gasteiger partial charge on any atom is -0.478 e. The number of rotatable bonds is 7. The monoisotopic (exact) mass is 335 g/mol. The molecule has 4 N–H and O–H groups in total. The molecular formula is C15H17N3O6. The predicted molar refractivity (Wildman–Crippen MR) is 80.9 cm³/mol. The molecule has 1 aliphatic heterocycles. The molecule has 1 aliphatic rings. The molecule has 0 bridgehead atoms. The van der Waals surface area contributed by atoms with E-state index in [2.05, 4.69) is 5.32 Å². The Morgan fingerprint density at radius 2 is 1.96 bits per heavy atom. The Morgan fingerprint density at radius 1 is 1.29 bits per heavy atom. The van der Waals surface area contributed by atoms with Crippen molar-refractivity contribution in [1.29, 1.82) is 0 Å². The van der Waals surface area contributed by atoms with Crippen LogP contribution in [0, 0.1) is 0 Å². The van der Waals surface area contributed by atoms with E-state index >= 15 is 0 Å². The van der Waals surface area contributed by atoms with Crippen molar-refractivity contribution in [3.8, 4) is 0 Å². The third kappa shape index (κ3) is 4.22. The Bertz CT molecular complexity index is 658. The molecule has 9 heteroatoms. The van der Waals surface area contributed by atoms with Crippen LogP contribution in [0.25, 0.3) is 0 Å². The first-order chi connectivity index (χ1) is 11.4. The van der Waals surface area contributed by atoms with Crippen molar-refractivity contribution < 1.29 is 29.0 Å². The van der Waals surface area contributed by atoms with Gasteiger partial charge in [-0.15, -0.1) is 0 Å². The number of hydrogen-bond acceptors (Lipinski definition) is 5. The van der Waals surface area contributed by atoms with Gasteiger partial charge in [-0.2, -0.15) is 0 Å². The number of amides is 3. The largest absolute Gasteiger partial charge is 0.478 e. The van der Waals surface area contributed by atoms with Crippen LogP contribution >= 0.6 is 0 Å². The van der Waals surface area contributed by atoms with Crippen molar-refractivity contribution in [2.45, 2.75) is 19.0 Å². The zero-order valence-corrected chi connectivity index (χ0v) is 12.7. The summed E-state index contributed by atoms with van der Waals surface area (Å²) in [6.45, 7) is 0.0983. The first-order valence-corrected chi connectivity index (χ1v) is 7.20. The molecule has 0 unspecified atom stereocenters. The fourth-order valence-electron chi connectivity index (χ4n) is 2.22. The van der Waals surface area contributed by atoms with Crippen LogP contribution in [0.1, 0.15) is 22.3 Å². The number of ether oxygens (including phenoxy) is 1. The number of cyclic esters (lactones) is 1. The number of aromatic carboxylic acids is 1. The van der Waals surface area contributed by atoms with Gasteiger partial charge in [-0.1, -0.05) is 12.1 Å². The molecule has 0 aliphatic carbocycles. The molecule has 1 saturated heterocycles. The second kappa shape index (κ2) is 7.44. The van der Waals surface area contributed by atoms with Gasteiger partial charge in [0.1, 0.15) is 12.6 Å². The normalized spacial score (nSPS) is 16.6. The Labute approximate surface area is 137 Å². The number of hydrogen-bond donors (Lipinski definition) is 3. The lowest BCUT2D eigenvalue weighted by molar-refractivity contribution is -0.125. The van der Waals surface area contributed by atoms with Gasteiger partial charge >= 0.3 is 12.1 Å². The summed E-state index contributed by atoms with van der Waals surface area (Å²) in [5.74, 6) is -2.03. The van der Waals surface area contributed by atoms with Crippen LogP contribution < -0.4 is 11.1 Å². The van der Waals surface area contributed by atoms with Crippen LogP contribution in [0.5, 0.6) is 0 Å². The first kappa shape index (κ1) is 17.3. The molecule has 1 aromatic carbocycles. The topological polar surface area (TPSA) is 139 Å². The van der Waals surface area contributed by atoms with Gasteiger partial charge < -0.3 is 20.9 Å². The Morgan fingerprint density at radius 3 is 2.54 bits per heavy atom. The van der Waals surface area contributed by atoms with E-state index in [0.717, 1.165) is 0 Å². The summed E-state index contributed by atoms with van der Waals surface area (Å²) in [5, 5.41) is 11.4. The van der Waals surface area contributed by atoms with Gasteiger partial charge in [0.25, 0.3) is 0 Å². The molecule has 3 amide bonds. The van der Waals surface area contributed by atoms with Gasteiger partial charge in [-0.05, 0) is 17.7 Å². The third-order valence-electron chi connectivity index (χ3n) is 3.50. The van der Waals surface area contributed by atoms with Gasteiger partial charge in [0.05, 0.1) is 12.1 Å². The van der Waals surface area contributed by atoms with Crippen molar-refractivity contribution >= 4 is 23.9 Å². The number of nitrogens with two attached hydrogens (primary N) is 1. The van der Waals surface area contributed by atoms with Gasteiger partial charge in [0.15, 0.2) is 0 Å². The maximum Gasteiger partial charge on any atom is 0.410 e. The lowest BCUT2D eigenvalue weighted by Gasteiger charge is -2.20. The highest BCUT2D eigenvalue weighted by Crippen LogP contribution is 2.17. The highest BCUT2D eigenvalue weighted by Gasteiger charge is 2.37. The Balaban J connectivity index is 2.00. The number of carboxylic acids is 1. The minimum atomic E-state index is -1.05. The number of carbonyl (C=O) groups is 4. The van der Waals surface area contributed by atoms with Crippen LogP contribution in [0.2, 0.25) is 0 Å². The number of nitrogens with zero attached hydrogens (tertiary/aromatic N) is 1. The number of carbonyl (C=O) groups excluding carboxylic acids is 3. The molecule has 128 valence electrons. The summed E-state index contributed by atoms with van der Waals surface area (Å²) < 4.78 is 4.90.